The van der Waals surface area contributed by atoms with Crippen molar-refractivity contribution in [1.82, 2.24) is 29.2 Å². The Morgan fingerprint density at radius 3 is 2.62 bits per heavy atom. The molecular weight excluding hydrogens is 404 g/mol. The first-order valence-electron chi connectivity index (χ1n) is 11.0. The van der Waals surface area contributed by atoms with Crippen LogP contribution in [0, 0.1) is 0 Å². The van der Waals surface area contributed by atoms with Crippen molar-refractivity contribution in [2.45, 2.75) is 39.0 Å². The van der Waals surface area contributed by atoms with E-state index in [-0.39, 0.29) is 17.8 Å². The molecule has 1 atom stereocenters. The van der Waals surface area contributed by atoms with Crippen LogP contribution in [0.3, 0.4) is 0 Å². The van der Waals surface area contributed by atoms with E-state index in [0.717, 1.165) is 52.8 Å². The first-order chi connectivity index (χ1) is 15.4. The highest BCUT2D eigenvalue weighted by atomic mass is 16.5. The minimum absolute atomic E-state index is 0.0165. The van der Waals surface area contributed by atoms with E-state index in [1.165, 1.54) is 0 Å². The number of likely N-dealkylation sites (N-methyl/N-ethyl adjacent to an activating group) is 1. The molecule has 8 heteroatoms. The van der Waals surface area contributed by atoms with Gasteiger partial charge < -0.3 is 9.64 Å². The van der Waals surface area contributed by atoms with Gasteiger partial charge in [0.05, 0.1) is 23.9 Å². The van der Waals surface area contributed by atoms with Crippen molar-refractivity contribution in [2.75, 3.05) is 20.1 Å². The van der Waals surface area contributed by atoms with E-state index in [9.17, 15) is 4.79 Å². The second kappa shape index (κ2) is 8.11. The summed E-state index contributed by atoms with van der Waals surface area (Å²) in [5, 5.41) is 9.56. The molecule has 0 aliphatic carbocycles. The first-order valence-corrected chi connectivity index (χ1v) is 11.0. The molecule has 0 bridgehead atoms. The zero-order valence-corrected chi connectivity index (χ0v) is 18.9. The molecule has 5 rings (SSSR count). The van der Waals surface area contributed by atoms with Crippen LogP contribution < -0.4 is 5.69 Å². The van der Waals surface area contributed by atoms with E-state index in [1.807, 2.05) is 38.2 Å². The summed E-state index contributed by atoms with van der Waals surface area (Å²) in [6, 6.07) is 10.2. The molecule has 4 aromatic rings. The van der Waals surface area contributed by atoms with Crippen LogP contribution in [0.25, 0.3) is 33.2 Å². The third kappa shape index (κ3) is 3.59. The molecule has 0 amide bonds. The molecule has 1 fully saturated rings. The van der Waals surface area contributed by atoms with Crippen LogP contribution in [-0.2, 0) is 18.4 Å². The van der Waals surface area contributed by atoms with Crippen molar-refractivity contribution in [2.24, 2.45) is 7.05 Å². The molecule has 166 valence electrons. The number of rotatable bonds is 5. The number of hydrogen-bond donors (Lipinski definition) is 0. The molecule has 8 nitrogen and oxygen atoms in total. The number of aromatic nitrogens is 5. The number of fused-ring (bicyclic) bond motifs is 3. The van der Waals surface area contributed by atoms with Crippen LogP contribution in [0.15, 0.2) is 41.3 Å². The van der Waals surface area contributed by atoms with Gasteiger partial charge in [0.1, 0.15) is 5.52 Å². The maximum absolute atomic E-state index is 12.8. The van der Waals surface area contributed by atoms with E-state index in [1.54, 1.807) is 16.2 Å². The van der Waals surface area contributed by atoms with E-state index < -0.39 is 0 Å². The second-order valence-electron chi connectivity index (χ2n) is 8.93. The lowest BCUT2D eigenvalue weighted by Crippen LogP contribution is -2.23. The van der Waals surface area contributed by atoms with Gasteiger partial charge >= 0.3 is 5.69 Å². The maximum atomic E-state index is 12.8. The van der Waals surface area contributed by atoms with Crippen LogP contribution in [0.5, 0.6) is 0 Å². The SMILES string of the molecule is CC(C)n1c(=O)n(C)c2nnc3ccc(-c4ccc(COC5CCN(C)C5)nc4)cc3c21. The third-order valence-electron chi connectivity index (χ3n) is 6.26. The first kappa shape index (κ1) is 20.8. The molecule has 1 aromatic carbocycles. The molecule has 1 aliphatic heterocycles. The number of likely N-dealkylation sites (tertiary alicyclic amines) is 1. The van der Waals surface area contributed by atoms with Crippen LogP contribution in [0.4, 0.5) is 0 Å². The number of imidazole rings is 1. The van der Waals surface area contributed by atoms with Crippen molar-refractivity contribution < 1.29 is 4.74 Å². The van der Waals surface area contributed by atoms with Crippen LogP contribution >= 0.6 is 0 Å². The van der Waals surface area contributed by atoms with Gasteiger partial charge in [-0.05, 0) is 51.1 Å². The second-order valence-corrected chi connectivity index (χ2v) is 8.93. The summed E-state index contributed by atoms with van der Waals surface area (Å²) in [7, 11) is 3.86. The standard InChI is InChI=1S/C24H28N6O2/c1-15(2)30-22-20-11-16(6-8-21(20)26-27-23(22)29(4)24(30)31)17-5-7-18(25-12-17)14-32-19-9-10-28(3)13-19/h5-8,11-12,15,19H,9-10,13-14H2,1-4H3. The third-order valence-corrected chi connectivity index (χ3v) is 6.26. The molecule has 3 aromatic heterocycles. The summed E-state index contributed by atoms with van der Waals surface area (Å²) >= 11 is 0. The average molecular weight is 433 g/mol. The number of aryl methyl sites for hydroxylation is 1. The monoisotopic (exact) mass is 432 g/mol. The zero-order valence-electron chi connectivity index (χ0n) is 18.9. The minimum atomic E-state index is -0.0818. The fourth-order valence-electron chi connectivity index (χ4n) is 4.47. The summed E-state index contributed by atoms with van der Waals surface area (Å²) in [6.07, 6.45) is 3.24. The molecule has 1 unspecified atom stereocenters. The molecular formula is C24H28N6O2. The number of nitrogens with zero attached hydrogens (tertiary/aromatic N) is 6. The van der Waals surface area contributed by atoms with Crippen molar-refractivity contribution >= 4 is 22.1 Å². The molecule has 0 saturated carbocycles. The van der Waals surface area contributed by atoms with Gasteiger partial charge in [-0.2, -0.15) is 0 Å². The maximum Gasteiger partial charge on any atom is 0.330 e. The average Bonchev–Trinajstić information content (AvgIpc) is 3.33. The summed E-state index contributed by atoms with van der Waals surface area (Å²) in [4.78, 5) is 19.7. The summed E-state index contributed by atoms with van der Waals surface area (Å²) in [6.45, 7) is 6.60. The number of hydrogen-bond acceptors (Lipinski definition) is 6. The highest BCUT2D eigenvalue weighted by Crippen LogP contribution is 2.28. The molecule has 32 heavy (non-hydrogen) atoms. The molecule has 4 heterocycles. The smallest absolute Gasteiger partial charge is 0.330 e. The highest BCUT2D eigenvalue weighted by molar-refractivity contribution is 6.02. The molecule has 0 radical (unpaired) electrons. The molecule has 0 spiro atoms. The van der Waals surface area contributed by atoms with Gasteiger partial charge in [-0.15, -0.1) is 10.2 Å². The molecule has 0 N–H and O–H groups in total. The quantitative estimate of drug-likeness (QED) is 0.482. The lowest BCUT2D eigenvalue weighted by Gasteiger charge is -2.12. The molecule has 1 saturated heterocycles. The van der Waals surface area contributed by atoms with Gasteiger partial charge in [-0.1, -0.05) is 12.1 Å². The van der Waals surface area contributed by atoms with Gasteiger partial charge in [0.15, 0.2) is 5.65 Å². The Bertz CT molecular complexity index is 1340. The van der Waals surface area contributed by atoms with Crippen molar-refractivity contribution in [3.8, 4) is 11.1 Å². The van der Waals surface area contributed by atoms with Crippen molar-refractivity contribution in [3.05, 3.63) is 52.7 Å². The fourth-order valence-corrected chi connectivity index (χ4v) is 4.47. The van der Waals surface area contributed by atoms with Gasteiger partial charge in [-0.25, -0.2) is 4.79 Å². The Balaban J connectivity index is 1.48. The van der Waals surface area contributed by atoms with E-state index in [0.29, 0.717) is 12.3 Å². The minimum Gasteiger partial charge on any atom is -0.371 e. The largest absolute Gasteiger partial charge is 0.371 e. The number of benzene rings is 1. The van der Waals surface area contributed by atoms with Gasteiger partial charge in [0.25, 0.3) is 0 Å². The predicted octanol–water partition coefficient (Wildman–Crippen LogP) is 3.15. The van der Waals surface area contributed by atoms with E-state index in [2.05, 4.69) is 39.3 Å². The Kier molecular flexibility index (Phi) is 5.27. The Labute approximate surface area is 186 Å². The van der Waals surface area contributed by atoms with Crippen molar-refractivity contribution in [3.63, 3.8) is 0 Å². The Morgan fingerprint density at radius 1 is 1.12 bits per heavy atom. The number of pyridine rings is 1. The predicted molar refractivity (Wildman–Crippen MR) is 125 cm³/mol. The van der Waals surface area contributed by atoms with E-state index >= 15 is 0 Å². The highest BCUT2D eigenvalue weighted by Gasteiger charge is 2.20. The zero-order chi connectivity index (χ0) is 22.4. The summed E-state index contributed by atoms with van der Waals surface area (Å²) in [5.41, 5.74) is 5.05. The normalized spacial score (nSPS) is 17.2. The fraction of sp³-hybridized carbons (Fsp3) is 0.417. The summed E-state index contributed by atoms with van der Waals surface area (Å²) < 4.78 is 9.36. The van der Waals surface area contributed by atoms with Crippen molar-refractivity contribution in [1.29, 1.82) is 0 Å². The van der Waals surface area contributed by atoms with Gasteiger partial charge in [-0.3, -0.25) is 14.1 Å². The number of ether oxygens (including phenoxy) is 1. The topological polar surface area (TPSA) is 78.1 Å². The van der Waals surface area contributed by atoms with Gasteiger partial charge in [0, 0.05) is 43.3 Å². The molecule has 1 aliphatic rings. The van der Waals surface area contributed by atoms with E-state index in [4.69, 9.17) is 4.74 Å². The van der Waals surface area contributed by atoms with Crippen LogP contribution in [-0.4, -0.2) is 55.5 Å². The summed E-state index contributed by atoms with van der Waals surface area (Å²) in [5.74, 6) is 0. The van der Waals surface area contributed by atoms with Crippen LogP contribution in [0.1, 0.15) is 32.0 Å². The lowest BCUT2D eigenvalue weighted by atomic mass is 10.0. The Hall–Kier alpha value is -3.10. The lowest BCUT2D eigenvalue weighted by molar-refractivity contribution is 0.0464. The van der Waals surface area contributed by atoms with Gasteiger partial charge in [0.2, 0.25) is 0 Å². The Morgan fingerprint density at radius 2 is 1.94 bits per heavy atom. The van der Waals surface area contributed by atoms with Crippen LogP contribution in [0.2, 0.25) is 0 Å².